The number of ether oxygens (including phenoxy) is 2. The minimum atomic E-state index is -0.803. The van der Waals surface area contributed by atoms with Crippen LogP contribution in [0.3, 0.4) is 0 Å². The van der Waals surface area contributed by atoms with Crippen molar-refractivity contribution in [2.45, 2.75) is 112 Å². The van der Waals surface area contributed by atoms with Gasteiger partial charge in [-0.15, -0.1) is 0 Å². The highest BCUT2D eigenvalue weighted by atomic mass is 16.6. The number of aromatic hydroxyl groups is 1. The summed E-state index contributed by atoms with van der Waals surface area (Å²) >= 11 is 0. The van der Waals surface area contributed by atoms with Gasteiger partial charge in [-0.2, -0.15) is 0 Å². The maximum absolute atomic E-state index is 13.1. The second-order valence-corrected chi connectivity index (χ2v) is 17.3. The number of carbonyl (C=O) groups is 2. The van der Waals surface area contributed by atoms with Gasteiger partial charge in [-0.3, -0.25) is 4.79 Å². The zero-order valence-corrected chi connectivity index (χ0v) is 29.6. The average molecular weight is 649 g/mol. The number of aliphatic hydroxyl groups excluding tert-OH is 1. The molecule has 0 saturated heterocycles. The van der Waals surface area contributed by atoms with Crippen LogP contribution in [-0.2, 0) is 14.3 Å². The van der Waals surface area contributed by atoms with Gasteiger partial charge in [0.25, 0.3) is 0 Å². The summed E-state index contributed by atoms with van der Waals surface area (Å²) in [4.78, 5) is 26.1. The number of aliphatic carboxylic acids is 1. The monoisotopic (exact) mass is 648 g/mol. The number of allylic oxidation sites excluding steroid dienone is 2. The third-order valence-corrected chi connectivity index (χ3v) is 15.2. The fourth-order valence-corrected chi connectivity index (χ4v) is 12.3. The van der Waals surface area contributed by atoms with E-state index in [4.69, 9.17) is 9.47 Å². The van der Waals surface area contributed by atoms with Crippen molar-refractivity contribution >= 4 is 18.0 Å². The van der Waals surface area contributed by atoms with Crippen molar-refractivity contribution in [2.75, 3.05) is 7.11 Å². The van der Waals surface area contributed by atoms with E-state index in [1.807, 2.05) is 0 Å². The Labute approximate surface area is 280 Å². The van der Waals surface area contributed by atoms with E-state index in [1.54, 1.807) is 18.2 Å². The van der Waals surface area contributed by atoms with Crippen molar-refractivity contribution in [3.05, 3.63) is 41.5 Å². The van der Waals surface area contributed by atoms with Crippen LogP contribution in [0.25, 0.3) is 6.08 Å². The van der Waals surface area contributed by atoms with E-state index < -0.39 is 35.0 Å². The molecule has 0 amide bonds. The number of hydrogen-bond donors (Lipinski definition) is 3. The zero-order valence-electron chi connectivity index (χ0n) is 29.6. The molecular formula is C40H56O7. The van der Waals surface area contributed by atoms with E-state index in [2.05, 4.69) is 54.5 Å². The van der Waals surface area contributed by atoms with Gasteiger partial charge in [-0.1, -0.05) is 66.2 Å². The molecule has 0 heterocycles. The molecule has 11 atom stereocenters. The Kier molecular flexibility index (Phi) is 8.26. The number of rotatable bonds is 5. The fraction of sp³-hybridized carbons (Fsp3) is 0.700. The molecule has 0 radical (unpaired) electrons. The van der Waals surface area contributed by atoms with Gasteiger partial charge in [0.15, 0.2) is 11.5 Å². The Morgan fingerprint density at radius 3 is 2.38 bits per heavy atom. The molecule has 0 aliphatic heterocycles. The lowest BCUT2D eigenvalue weighted by Crippen LogP contribution is -2.67. The Bertz CT molecular complexity index is 1490. The minimum absolute atomic E-state index is 0.0272. The van der Waals surface area contributed by atoms with E-state index in [9.17, 15) is 24.9 Å². The Hall–Kier alpha value is -2.80. The molecule has 4 saturated carbocycles. The Balaban J connectivity index is 1.28. The van der Waals surface area contributed by atoms with Crippen LogP contribution >= 0.6 is 0 Å². The van der Waals surface area contributed by atoms with Crippen LogP contribution in [0, 0.1) is 56.7 Å². The molecule has 258 valence electrons. The van der Waals surface area contributed by atoms with Crippen LogP contribution in [0.4, 0.5) is 0 Å². The van der Waals surface area contributed by atoms with E-state index in [0.29, 0.717) is 35.5 Å². The lowest BCUT2D eigenvalue weighted by molar-refractivity contribution is -0.238. The third-order valence-electron chi connectivity index (χ3n) is 15.2. The number of methoxy groups -OCH3 is 1. The standard InChI is InChI=1S/C40H56O7/c1-23-15-18-40(35(44)45)20-19-38(6)26(33(40)24(23)2)11-13-31-37(5)22-28(42)34(36(3,4)30(37)16-17-39(31,38)7)47-32(43)14-10-25-9-12-27(41)29(21-25)46-8/h9-12,14,21,23-24,28,30-31,33-34,41-42H,13,15-20,22H2,1-8H3,(H,44,45). The molecular weight excluding hydrogens is 592 g/mol. The van der Waals surface area contributed by atoms with Crippen molar-refractivity contribution in [3.8, 4) is 11.5 Å². The van der Waals surface area contributed by atoms with Gasteiger partial charge in [-0.25, -0.2) is 4.79 Å². The van der Waals surface area contributed by atoms with Crippen LogP contribution in [0.5, 0.6) is 11.5 Å². The van der Waals surface area contributed by atoms with Gasteiger partial charge < -0.3 is 24.8 Å². The minimum Gasteiger partial charge on any atom is -0.504 e. The summed E-state index contributed by atoms with van der Waals surface area (Å²) < 4.78 is 11.3. The van der Waals surface area contributed by atoms with Crippen molar-refractivity contribution < 1.29 is 34.4 Å². The van der Waals surface area contributed by atoms with E-state index in [-0.39, 0.29) is 33.8 Å². The van der Waals surface area contributed by atoms with Gasteiger partial charge in [0.05, 0.1) is 18.6 Å². The van der Waals surface area contributed by atoms with Crippen molar-refractivity contribution in [1.82, 2.24) is 0 Å². The molecule has 1 aromatic rings. The molecule has 47 heavy (non-hydrogen) atoms. The number of carboxylic acids is 1. The second-order valence-electron chi connectivity index (χ2n) is 17.3. The van der Waals surface area contributed by atoms with Crippen LogP contribution in [0.2, 0.25) is 0 Å². The van der Waals surface area contributed by atoms with Crippen molar-refractivity contribution in [1.29, 1.82) is 0 Å². The predicted octanol–water partition coefficient (Wildman–Crippen LogP) is 8.04. The number of benzene rings is 1. The molecule has 0 bridgehead atoms. The summed E-state index contributed by atoms with van der Waals surface area (Å²) in [6.07, 6.45) is 10.9. The van der Waals surface area contributed by atoms with E-state index in [0.717, 1.165) is 44.9 Å². The molecule has 4 fully saturated rings. The molecule has 0 aromatic heterocycles. The molecule has 1 aromatic carbocycles. The molecule has 0 spiro atoms. The van der Waals surface area contributed by atoms with E-state index >= 15 is 0 Å². The van der Waals surface area contributed by atoms with Crippen LogP contribution in [0.1, 0.15) is 105 Å². The molecule has 5 aliphatic rings. The molecule has 3 N–H and O–H groups in total. The molecule has 11 unspecified atom stereocenters. The Morgan fingerprint density at radius 1 is 0.979 bits per heavy atom. The first-order valence-corrected chi connectivity index (χ1v) is 17.8. The number of hydrogen-bond acceptors (Lipinski definition) is 6. The molecule has 5 aliphatic carbocycles. The lowest BCUT2D eigenvalue weighted by atomic mass is 9.33. The van der Waals surface area contributed by atoms with Gasteiger partial charge in [0, 0.05) is 11.5 Å². The zero-order chi connectivity index (χ0) is 34.3. The van der Waals surface area contributed by atoms with Crippen LogP contribution in [0.15, 0.2) is 35.9 Å². The first kappa shape index (κ1) is 34.1. The number of fused-ring (bicyclic) bond motifs is 7. The first-order valence-electron chi connectivity index (χ1n) is 17.8. The lowest BCUT2D eigenvalue weighted by Gasteiger charge is -2.71. The fourth-order valence-electron chi connectivity index (χ4n) is 12.3. The van der Waals surface area contributed by atoms with E-state index in [1.165, 1.54) is 24.8 Å². The van der Waals surface area contributed by atoms with Gasteiger partial charge in [0.2, 0.25) is 0 Å². The maximum atomic E-state index is 13.1. The SMILES string of the molecule is COc1cc(C=CC(=O)OC2C(O)CC3(C)C(CCC4(C)C3CC=C3C5C(C)C(C)CCC5(C(=O)O)CCC34C)C2(C)C)ccc1O. The number of esters is 1. The number of carboxylic acid groups (broad SMARTS) is 1. The predicted molar refractivity (Wildman–Crippen MR) is 182 cm³/mol. The third kappa shape index (κ3) is 4.83. The summed E-state index contributed by atoms with van der Waals surface area (Å²) in [5.74, 6) is 0.705. The first-order chi connectivity index (χ1) is 22.0. The van der Waals surface area contributed by atoms with Crippen molar-refractivity contribution in [2.24, 2.45) is 56.7 Å². The summed E-state index contributed by atoms with van der Waals surface area (Å²) in [7, 11) is 1.48. The highest BCUT2D eigenvalue weighted by Crippen LogP contribution is 2.75. The number of phenolic OH excluding ortho intramolecular Hbond substituents is 1. The molecule has 7 nitrogen and oxygen atoms in total. The second kappa shape index (κ2) is 11.4. The summed E-state index contributed by atoms with van der Waals surface area (Å²) in [6.45, 7) is 16.2. The van der Waals surface area contributed by atoms with Gasteiger partial charge in [0.1, 0.15) is 6.10 Å². The smallest absolute Gasteiger partial charge is 0.331 e. The quantitative estimate of drug-likeness (QED) is 0.168. The van der Waals surface area contributed by atoms with Gasteiger partial charge >= 0.3 is 11.9 Å². The number of carbonyl (C=O) groups excluding carboxylic acids is 1. The molecule has 6 rings (SSSR count). The Morgan fingerprint density at radius 2 is 1.70 bits per heavy atom. The highest BCUT2D eigenvalue weighted by molar-refractivity contribution is 5.87. The normalized spacial score (nSPS) is 43.9. The largest absolute Gasteiger partial charge is 0.504 e. The topological polar surface area (TPSA) is 113 Å². The highest BCUT2D eigenvalue weighted by Gasteiger charge is 2.70. The summed E-state index contributed by atoms with van der Waals surface area (Å²) in [6, 6.07) is 4.86. The average Bonchev–Trinajstić information content (AvgIpc) is 3.00. The summed E-state index contributed by atoms with van der Waals surface area (Å²) in [5, 5.41) is 32.4. The maximum Gasteiger partial charge on any atom is 0.331 e. The van der Waals surface area contributed by atoms with Crippen molar-refractivity contribution in [3.63, 3.8) is 0 Å². The summed E-state index contributed by atoms with van der Waals surface area (Å²) in [5.41, 5.74) is 0.686. The van der Waals surface area contributed by atoms with Crippen LogP contribution < -0.4 is 4.74 Å². The van der Waals surface area contributed by atoms with Crippen LogP contribution in [-0.4, -0.2) is 46.6 Å². The number of aliphatic hydroxyl groups is 1. The number of phenols is 1. The van der Waals surface area contributed by atoms with Gasteiger partial charge in [-0.05, 0) is 121 Å². The molecule has 7 heteroatoms.